The summed E-state index contributed by atoms with van der Waals surface area (Å²) in [4.78, 5) is 40.0. The Kier molecular flexibility index (Phi) is 56.1. The van der Waals surface area contributed by atoms with Crippen molar-refractivity contribution in [1.82, 2.24) is 5.32 Å². The van der Waals surface area contributed by atoms with Gasteiger partial charge in [0.1, 0.15) is 19.3 Å². The molecule has 0 saturated heterocycles. The lowest BCUT2D eigenvalue weighted by Gasteiger charge is -2.30. The lowest BCUT2D eigenvalue weighted by molar-refractivity contribution is -0.870. The average molecular weight is 1140 g/mol. The monoisotopic (exact) mass is 1140 g/mol. The minimum Gasteiger partial charge on any atom is -0.756 e. The van der Waals surface area contributed by atoms with E-state index in [1.807, 2.05) is 39.4 Å². The lowest BCUT2D eigenvalue weighted by atomic mass is 10.0. The number of phosphoric acid groups is 1. The van der Waals surface area contributed by atoms with Crippen molar-refractivity contribution in [3.8, 4) is 0 Å². The molecule has 0 radical (unpaired) electrons. The number of amides is 1. The van der Waals surface area contributed by atoms with Crippen LogP contribution >= 0.6 is 7.82 Å². The van der Waals surface area contributed by atoms with Gasteiger partial charge < -0.3 is 28.5 Å². The number of quaternary nitrogens is 1. The minimum atomic E-state index is -4.73. The molecule has 0 saturated carbocycles. The van der Waals surface area contributed by atoms with E-state index in [-0.39, 0.29) is 25.4 Å². The van der Waals surface area contributed by atoms with E-state index < -0.39 is 32.5 Å². The van der Waals surface area contributed by atoms with Crippen LogP contribution in [0.25, 0.3) is 0 Å². The third-order valence-electron chi connectivity index (χ3n) is 13.3. The van der Waals surface area contributed by atoms with Gasteiger partial charge in [-0.15, -0.1) is 0 Å². The predicted octanol–water partition coefficient (Wildman–Crippen LogP) is 19.6. The second kappa shape index (κ2) is 59.1. The van der Waals surface area contributed by atoms with E-state index >= 15 is 0 Å². The Labute approximate surface area is 498 Å². The van der Waals surface area contributed by atoms with E-state index in [2.05, 4.69) is 148 Å². The number of nitrogens with one attached hydrogen (secondary N) is 1. The van der Waals surface area contributed by atoms with Crippen LogP contribution in [-0.2, 0) is 27.9 Å². The van der Waals surface area contributed by atoms with Gasteiger partial charge in [-0.3, -0.25) is 14.2 Å². The zero-order valence-electron chi connectivity index (χ0n) is 52.4. The zero-order valence-corrected chi connectivity index (χ0v) is 53.3. The molecule has 1 N–H and O–H groups in total. The Morgan fingerprint density at radius 2 is 0.802 bits per heavy atom. The smallest absolute Gasteiger partial charge is 0.306 e. The average Bonchev–Trinajstić information content (AvgIpc) is 3.44. The number of hydrogen-bond donors (Lipinski definition) is 1. The fraction of sp³-hybridized carbons (Fsp3) is 0.634. The van der Waals surface area contributed by atoms with E-state index in [0.29, 0.717) is 23.9 Å². The van der Waals surface area contributed by atoms with Crippen molar-refractivity contribution in [3.63, 3.8) is 0 Å². The summed E-state index contributed by atoms with van der Waals surface area (Å²) in [6, 6.07) is -0.937. The highest BCUT2D eigenvalue weighted by Crippen LogP contribution is 2.38. The molecule has 0 aliphatic carbocycles. The fourth-order valence-electron chi connectivity index (χ4n) is 8.40. The molecule has 0 rings (SSSR count). The van der Waals surface area contributed by atoms with Crippen molar-refractivity contribution in [2.75, 3.05) is 40.9 Å². The maximum atomic E-state index is 13.6. The zero-order chi connectivity index (χ0) is 59.3. The number of carbonyl (C=O) groups is 2. The highest BCUT2D eigenvalue weighted by Gasteiger charge is 2.27. The summed E-state index contributed by atoms with van der Waals surface area (Å²) >= 11 is 0. The van der Waals surface area contributed by atoms with Crippen LogP contribution in [-0.4, -0.2) is 69.4 Å². The Hall–Kier alpha value is -4.11. The standard InChI is InChI=1S/C71H119N2O7P/c1-7-10-13-16-19-22-25-28-30-32-34-35-36-37-39-40-42-45-48-51-54-57-60-63-70(74)72-68(67-79-81(76,77)78-66-65-73(4,5)6)69(62-59-56-53-50-47-44-27-24-21-18-15-12-9-3)80-71(75)64-61-58-55-52-49-46-43-41-38-33-31-29-26-23-20-17-14-11-8-2/h10-11,13-14,19-20,22-23,28-31,34-35,37-39,41,46,49,55,58-59,62,68-69H,7-9,12,15-18,21,24-27,32-33,36,40,42-45,47-48,50-54,56-57,60-61,63-67H2,1-6H3,(H-,72,74,76,77)/b13-10-,14-11-,22-19-,23-20-,30-28-,31-29-,35-34-,39-37-,41-38-,49-46-,58-55-,62-59-. The summed E-state index contributed by atoms with van der Waals surface area (Å²) in [5.41, 5.74) is 0. The van der Waals surface area contributed by atoms with Crippen molar-refractivity contribution in [1.29, 1.82) is 0 Å². The number of likely N-dealkylation sites (N-methyl/N-ethyl adjacent to an activating group) is 1. The summed E-state index contributed by atoms with van der Waals surface area (Å²) in [7, 11) is 1.12. The van der Waals surface area contributed by atoms with Gasteiger partial charge in [0.2, 0.25) is 5.91 Å². The molecule has 3 unspecified atom stereocenters. The van der Waals surface area contributed by atoms with Crippen LogP contribution in [0, 0.1) is 0 Å². The Balaban J connectivity index is 5.38. The molecule has 0 fully saturated rings. The molecule has 0 aromatic carbocycles. The first-order chi connectivity index (χ1) is 39.4. The molecule has 460 valence electrons. The van der Waals surface area contributed by atoms with Crippen LogP contribution in [0.3, 0.4) is 0 Å². The number of phosphoric ester groups is 1. The van der Waals surface area contributed by atoms with Crippen molar-refractivity contribution in [3.05, 3.63) is 146 Å². The number of nitrogens with zero attached hydrogens (tertiary/aromatic N) is 1. The first kappa shape index (κ1) is 76.9. The molecule has 81 heavy (non-hydrogen) atoms. The van der Waals surface area contributed by atoms with Gasteiger partial charge in [0, 0.05) is 12.8 Å². The minimum absolute atomic E-state index is 0.0442. The number of allylic oxidation sites excluding steroid dienone is 23. The maximum absolute atomic E-state index is 13.6. The van der Waals surface area contributed by atoms with E-state index in [0.717, 1.165) is 116 Å². The Morgan fingerprint density at radius 1 is 0.444 bits per heavy atom. The molecule has 0 spiro atoms. The third-order valence-corrected chi connectivity index (χ3v) is 14.2. The molecule has 9 nitrogen and oxygen atoms in total. The molecule has 0 heterocycles. The SMILES string of the molecule is CC/C=C\C/C=C\C/C=C\C/C=C\C/C=C\C/C=C\CCC(=O)OC(/C=C\CCCCCCCCCCCCC)C(COP(=O)([O-])OCC[N+](C)(C)C)NC(=O)CCCCCCCCC/C=C\C/C=C\C/C=C\C/C=C\C/C=C\CC. The Bertz CT molecular complexity index is 1890. The fourth-order valence-corrected chi connectivity index (χ4v) is 9.12. The third kappa shape index (κ3) is 60.3. The molecule has 0 aliphatic heterocycles. The number of unbranched alkanes of at least 4 members (excludes halogenated alkanes) is 18. The van der Waals surface area contributed by atoms with Crippen LogP contribution in [0.2, 0.25) is 0 Å². The molecule has 0 aliphatic rings. The summed E-state index contributed by atoms with van der Waals surface area (Å²) in [5, 5.41) is 3.00. The normalized spacial score (nSPS) is 14.6. The van der Waals surface area contributed by atoms with Crippen molar-refractivity contribution >= 4 is 19.7 Å². The number of esters is 1. The number of ether oxygens (including phenoxy) is 1. The molecule has 0 bridgehead atoms. The summed E-state index contributed by atoms with van der Waals surface area (Å²) < 4.78 is 30.3. The molecule has 3 atom stereocenters. The molecule has 1 amide bonds. The first-order valence-corrected chi connectivity index (χ1v) is 33.6. The van der Waals surface area contributed by atoms with E-state index in [4.69, 9.17) is 13.8 Å². The van der Waals surface area contributed by atoms with Gasteiger partial charge in [-0.05, 0) is 115 Å². The molecular weight excluding hydrogens is 1020 g/mol. The van der Waals surface area contributed by atoms with Crippen LogP contribution in [0.1, 0.15) is 239 Å². The lowest BCUT2D eigenvalue weighted by Crippen LogP contribution is -2.47. The number of hydrogen-bond acceptors (Lipinski definition) is 7. The second-order valence-electron chi connectivity index (χ2n) is 22.1. The van der Waals surface area contributed by atoms with Gasteiger partial charge in [0.15, 0.2) is 0 Å². The van der Waals surface area contributed by atoms with E-state index in [1.165, 1.54) is 77.0 Å². The van der Waals surface area contributed by atoms with E-state index in [1.54, 1.807) is 6.08 Å². The topological polar surface area (TPSA) is 114 Å². The quantitative estimate of drug-likeness (QED) is 0.0212. The summed E-state index contributed by atoms with van der Waals surface area (Å²) in [6.07, 6.45) is 85.4. The maximum Gasteiger partial charge on any atom is 0.306 e. The van der Waals surface area contributed by atoms with Gasteiger partial charge in [-0.2, -0.15) is 0 Å². The second-order valence-corrected chi connectivity index (χ2v) is 23.6. The van der Waals surface area contributed by atoms with Gasteiger partial charge in [-0.1, -0.05) is 257 Å². The molecule has 10 heteroatoms. The Morgan fingerprint density at radius 3 is 1.21 bits per heavy atom. The van der Waals surface area contributed by atoms with Gasteiger partial charge in [0.05, 0.1) is 33.8 Å². The molecule has 0 aromatic rings. The van der Waals surface area contributed by atoms with Gasteiger partial charge in [-0.25, -0.2) is 0 Å². The highest BCUT2D eigenvalue weighted by atomic mass is 31.2. The van der Waals surface area contributed by atoms with Crippen LogP contribution in [0.4, 0.5) is 0 Å². The van der Waals surface area contributed by atoms with Gasteiger partial charge >= 0.3 is 5.97 Å². The first-order valence-electron chi connectivity index (χ1n) is 32.1. The largest absolute Gasteiger partial charge is 0.756 e. The van der Waals surface area contributed by atoms with E-state index in [9.17, 15) is 19.0 Å². The van der Waals surface area contributed by atoms with Gasteiger partial charge in [0.25, 0.3) is 7.82 Å². The van der Waals surface area contributed by atoms with Crippen LogP contribution in [0.5, 0.6) is 0 Å². The number of rotatable bonds is 56. The van der Waals surface area contributed by atoms with Crippen molar-refractivity contribution < 1.29 is 37.3 Å². The number of carbonyl (C=O) groups excluding carboxylic acids is 2. The molecule has 0 aromatic heterocycles. The van der Waals surface area contributed by atoms with Crippen molar-refractivity contribution in [2.45, 2.75) is 251 Å². The predicted molar refractivity (Wildman–Crippen MR) is 348 cm³/mol. The summed E-state index contributed by atoms with van der Waals surface area (Å²) in [5.74, 6) is -0.661. The van der Waals surface area contributed by atoms with Crippen LogP contribution < -0.4 is 10.2 Å². The van der Waals surface area contributed by atoms with Crippen LogP contribution in [0.15, 0.2) is 146 Å². The molecular formula is C71H119N2O7P. The van der Waals surface area contributed by atoms with Crippen molar-refractivity contribution in [2.24, 2.45) is 0 Å². The summed E-state index contributed by atoms with van der Waals surface area (Å²) in [6.45, 7) is 6.54. The highest BCUT2D eigenvalue weighted by molar-refractivity contribution is 7.45.